The summed E-state index contributed by atoms with van der Waals surface area (Å²) in [6.07, 6.45) is 1.97. The van der Waals surface area contributed by atoms with Gasteiger partial charge in [0.25, 0.3) is 11.8 Å². The van der Waals surface area contributed by atoms with E-state index in [2.05, 4.69) is 15.6 Å². The molecule has 1 aliphatic rings. The van der Waals surface area contributed by atoms with E-state index in [1.165, 1.54) is 6.20 Å². The Morgan fingerprint density at radius 3 is 2.25 bits per heavy atom. The summed E-state index contributed by atoms with van der Waals surface area (Å²) in [4.78, 5) is 44.4. The molecule has 11 heteroatoms. The van der Waals surface area contributed by atoms with Crippen molar-refractivity contribution in [2.75, 3.05) is 23.7 Å². The van der Waals surface area contributed by atoms with Gasteiger partial charge in [-0.3, -0.25) is 9.59 Å². The second-order valence-corrected chi connectivity index (χ2v) is 11.1. The average molecular weight is 585 g/mol. The van der Waals surface area contributed by atoms with Crippen LogP contribution in [0.25, 0.3) is 0 Å². The lowest BCUT2D eigenvalue weighted by atomic mass is 10.1. The van der Waals surface area contributed by atoms with Crippen LogP contribution >= 0.6 is 23.2 Å². The minimum Gasteiger partial charge on any atom is -0.489 e. The smallest absolute Gasteiger partial charge is 0.410 e. The summed E-state index contributed by atoms with van der Waals surface area (Å²) >= 11 is 12.1. The number of ether oxygens (including phenoxy) is 2. The molecule has 0 bridgehead atoms. The van der Waals surface area contributed by atoms with Crippen LogP contribution in [0.2, 0.25) is 10.0 Å². The first-order chi connectivity index (χ1) is 19.0. The molecule has 0 saturated carbocycles. The zero-order chi connectivity index (χ0) is 28.9. The molecule has 3 aromatic rings. The van der Waals surface area contributed by atoms with E-state index in [4.69, 9.17) is 32.7 Å². The number of nitrogens with zero attached hydrogens (tertiary/aromatic N) is 2. The van der Waals surface area contributed by atoms with Gasteiger partial charge in [-0.1, -0.05) is 35.3 Å². The Hall–Kier alpha value is -3.82. The fourth-order valence-electron chi connectivity index (χ4n) is 4.06. The largest absolute Gasteiger partial charge is 0.489 e. The SMILES string of the molecule is CC(C)(C)OC(=O)N1CCC(Oc2cc(Cl)ccc2C(=O)Nc2ccccc2C(=O)Nc2ccc(Cl)cn2)CC1. The zero-order valence-electron chi connectivity index (χ0n) is 22.4. The number of likely N-dealkylation sites (tertiary alicyclic amines) is 1. The van der Waals surface area contributed by atoms with Crippen LogP contribution < -0.4 is 15.4 Å². The quantitative estimate of drug-likeness (QED) is 0.334. The van der Waals surface area contributed by atoms with Crippen molar-refractivity contribution >= 4 is 52.6 Å². The minimum absolute atomic E-state index is 0.228. The number of hydrogen-bond donors (Lipinski definition) is 2. The maximum atomic E-state index is 13.4. The van der Waals surface area contributed by atoms with Gasteiger partial charge in [-0.05, 0) is 63.2 Å². The summed E-state index contributed by atoms with van der Waals surface area (Å²) in [5.74, 6) is -0.285. The Kier molecular flexibility index (Phi) is 9.17. The number of para-hydroxylation sites is 1. The van der Waals surface area contributed by atoms with E-state index >= 15 is 0 Å². The number of pyridine rings is 1. The predicted molar refractivity (Wildman–Crippen MR) is 155 cm³/mol. The first-order valence-electron chi connectivity index (χ1n) is 12.8. The van der Waals surface area contributed by atoms with Crippen LogP contribution in [0.1, 0.15) is 54.3 Å². The van der Waals surface area contributed by atoms with Crippen molar-refractivity contribution < 1.29 is 23.9 Å². The van der Waals surface area contributed by atoms with Crippen molar-refractivity contribution in [3.05, 3.63) is 82.0 Å². The van der Waals surface area contributed by atoms with E-state index in [-0.39, 0.29) is 23.3 Å². The third-order valence-electron chi connectivity index (χ3n) is 5.96. The van der Waals surface area contributed by atoms with Crippen molar-refractivity contribution in [3.8, 4) is 5.75 Å². The Bertz CT molecular complexity index is 1380. The number of anilines is 2. The number of benzene rings is 2. The lowest BCUT2D eigenvalue weighted by molar-refractivity contribution is 0.0126. The number of aromatic nitrogens is 1. The lowest BCUT2D eigenvalue weighted by Gasteiger charge is -2.33. The van der Waals surface area contributed by atoms with Crippen LogP contribution in [0.15, 0.2) is 60.8 Å². The number of halogens is 2. The summed E-state index contributed by atoms with van der Waals surface area (Å²) in [5.41, 5.74) is 0.247. The first kappa shape index (κ1) is 29.2. The Balaban J connectivity index is 1.44. The second kappa shape index (κ2) is 12.6. The fourth-order valence-corrected chi connectivity index (χ4v) is 4.33. The monoisotopic (exact) mass is 584 g/mol. The number of amides is 3. The molecule has 2 aromatic carbocycles. The van der Waals surface area contributed by atoms with Gasteiger partial charge in [0.2, 0.25) is 0 Å². The molecular weight excluding hydrogens is 555 g/mol. The summed E-state index contributed by atoms with van der Waals surface area (Å²) in [6.45, 7) is 6.41. The van der Waals surface area contributed by atoms with E-state index in [9.17, 15) is 14.4 Å². The van der Waals surface area contributed by atoms with Crippen molar-refractivity contribution in [1.29, 1.82) is 0 Å². The Labute approximate surface area is 242 Å². The van der Waals surface area contributed by atoms with Crippen molar-refractivity contribution in [2.24, 2.45) is 0 Å². The topological polar surface area (TPSA) is 110 Å². The van der Waals surface area contributed by atoms with Gasteiger partial charge < -0.3 is 25.0 Å². The van der Waals surface area contributed by atoms with Gasteiger partial charge in [0.05, 0.1) is 21.8 Å². The molecule has 9 nitrogen and oxygen atoms in total. The van der Waals surface area contributed by atoms with Crippen LogP contribution in [-0.4, -0.2) is 52.6 Å². The normalized spacial score (nSPS) is 13.9. The molecule has 210 valence electrons. The van der Waals surface area contributed by atoms with Gasteiger partial charge in [-0.15, -0.1) is 0 Å². The van der Waals surface area contributed by atoms with Gasteiger partial charge in [0.1, 0.15) is 23.3 Å². The first-order valence-corrected chi connectivity index (χ1v) is 13.5. The van der Waals surface area contributed by atoms with E-state index in [1.54, 1.807) is 59.5 Å². The average Bonchev–Trinajstić information content (AvgIpc) is 2.90. The lowest BCUT2D eigenvalue weighted by Crippen LogP contribution is -2.44. The number of rotatable bonds is 6. The third kappa shape index (κ3) is 7.86. The van der Waals surface area contributed by atoms with Crippen LogP contribution in [0, 0.1) is 0 Å². The standard InChI is InChI=1S/C29H30Cl2N4O5/c1-29(2,3)40-28(38)35-14-12-20(13-15-35)39-24-16-18(30)8-10-22(24)27(37)33-23-7-5-4-6-21(23)26(36)34-25-11-9-19(31)17-32-25/h4-11,16-17,20H,12-15H2,1-3H3,(H,33,37)(H,32,34,36). The highest BCUT2D eigenvalue weighted by atomic mass is 35.5. The van der Waals surface area contributed by atoms with Gasteiger partial charge in [-0.2, -0.15) is 0 Å². The van der Waals surface area contributed by atoms with Gasteiger partial charge in [0, 0.05) is 37.2 Å². The number of carbonyl (C=O) groups is 3. The molecule has 4 rings (SSSR count). The Morgan fingerprint density at radius 1 is 0.900 bits per heavy atom. The van der Waals surface area contributed by atoms with E-state index in [0.717, 1.165) is 0 Å². The molecule has 0 atom stereocenters. The fraction of sp³-hybridized carbons (Fsp3) is 0.310. The molecule has 1 fully saturated rings. The predicted octanol–water partition coefficient (Wildman–Crippen LogP) is 6.67. The number of piperidine rings is 1. The maximum absolute atomic E-state index is 13.4. The molecule has 2 heterocycles. The molecule has 1 saturated heterocycles. The van der Waals surface area contributed by atoms with Gasteiger partial charge in [0.15, 0.2) is 0 Å². The second-order valence-electron chi connectivity index (χ2n) is 10.2. The van der Waals surface area contributed by atoms with E-state index < -0.39 is 17.4 Å². The summed E-state index contributed by atoms with van der Waals surface area (Å²) in [6, 6.07) is 14.6. The van der Waals surface area contributed by atoms with E-state index in [0.29, 0.717) is 53.2 Å². The van der Waals surface area contributed by atoms with E-state index in [1.807, 2.05) is 20.8 Å². The highest BCUT2D eigenvalue weighted by Gasteiger charge is 2.28. The van der Waals surface area contributed by atoms with Crippen molar-refractivity contribution in [2.45, 2.75) is 45.3 Å². The minimum atomic E-state index is -0.570. The van der Waals surface area contributed by atoms with Crippen LogP contribution in [-0.2, 0) is 4.74 Å². The number of nitrogens with one attached hydrogen (secondary N) is 2. The summed E-state index contributed by atoms with van der Waals surface area (Å²) < 4.78 is 11.7. The molecule has 0 unspecified atom stereocenters. The number of carbonyl (C=O) groups excluding carboxylic acids is 3. The molecular formula is C29H30Cl2N4O5. The van der Waals surface area contributed by atoms with Crippen molar-refractivity contribution in [1.82, 2.24) is 9.88 Å². The van der Waals surface area contributed by atoms with Crippen LogP contribution in [0.4, 0.5) is 16.3 Å². The zero-order valence-corrected chi connectivity index (χ0v) is 23.9. The maximum Gasteiger partial charge on any atom is 0.410 e. The molecule has 40 heavy (non-hydrogen) atoms. The molecule has 0 spiro atoms. The summed E-state index contributed by atoms with van der Waals surface area (Å²) in [5, 5.41) is 6.36. The third-order valence-corrected chi connectivity index (χ3v) is 6.42. The Morgan fingerprint density at radius 2 is 1.57 bits per heavy atom. The number of hydrogen-bond acceptors (Lipinski definition) is 6. The van der Waals surface area contributed by atoms with Crippen molar-refractivity contribution in [3.63, 3.8) is 0 Å². The molecule has 0 radical (unpaired) electrons. The van der Waals surface area contributed by atoms with Gasteiger partial charge >= 0.3 is 6.09 Å². The van der Waals surface area contributed by atoms with Crippen LogP contribution in [0.5, 0.6) is 5.75 Å². The molecule has 3 amide bonds. The molecule has 0 aliphatic carbocycles. The molecule has 1 aliphatic heterocycles. The highest BCUT2D eigenvalue weighted by Crippen LogP contribution is 2.29. The highest BCUT2D eigenvalue weighted by molar-refractivity contribution is 6.31. The molecule has 2 N–H and O–H groups in total. The summed E-state index contributed by atoms with van der Waals surface area (Å²) in [7, 11) is 0. The van der Waals surface area contributed by atoms with Gasteiger partial charge in [-0.25, -0.2) is 9.78 Å². The van der Waals surface area contributed by atoms with Crippen LogP contribution in [0.3, 0.4) is 0 Å². The molecule has 1 aromatic heterocycles.